The zero-order valence-electron chi connectivity index (χ0n) is 14.3. The molecule has 2 aromatic carbocycles. The molecular weight excluding hydrogens is 366 g/mol. The first-order valence-corrected chi connectivity index (χ1v) is 8.90. The van der Waals surface area contributed by atoms with Gasteiger partial charge in [-0.25, -0.2) is 9.67 Å². The molecule has 1 aliphatic rings. The molecule has 1 aromatic heterocycles. The standard InChI is InChI=1S/C20H16ClN3O3/c21-13-4-3-5-15(8-13)27-19-7-2-1-6-16(19)17-9-14(25)10-18(26)20(17)24-12-22-11-23-24/h1-8,11-12,17,20H,9-10H2/t17-,20-/m0/s1. The van der Waals surface area contributed by atoms with Gasteiger partial charge in [-0.3, -0.25) is 9.59 Å². The van der Waals surface area contributed by atoms with Crippen LogP contribution in [0.1, 0.15) is 30.4 Å². The van der Waals surface area contributed by atoms with Crippen LogP contribution in [-0.4, -0.2) is 26.3 Å². The molecule has 0 amide bonds. The van der Waals surface area contributed by atoms with Crippen LogP contribution < -0.4 is 4.74 Å². The van der Waals surface area contributed by atoms with Crippen LogP contribution in [0.15, 0.2) is 61.2 Å². The van der Waals surface area contributed by atoms with E-state index in [2.05, 4.69) is 10.1 Å². The van der Waals surface area contributed by atoms with Crippen molar-refractivity contribution >= 4 is 23.2 Å². The predicted molar refractivity (Wildman–Crippen MR) is 99.0 cm³/mol. The van der Waals surface area contributed by atoms with Crippen molar-refractivity contribution in [2.24, 2.45) is 0 Å². The monoisotopic (exact) mass is 381 g/mol. The molecule has 1 aliphatic carbocycles. The van der Waals surface area contributed by atoms with Gasteiger partial charge < -0.3 is 4.74 Å². The molecule has 2 atom stereocenters. The lowest BCUT2D eigenvalue weighted by Gasteiger charge is -2.30. The van der Waals surface area contributed by atoms with Crippen LogP contribution in [0.25, 0.3) is 0 Å². The van der Waals surface area contributed by atoms with Crippen LogP contribution >= 0.6 is 11.6 Å². The average molecular weight is 382 g/mol. The number of para-hydroxylation sites is 1. The first-order chi connectivity index (χ1) is 13.1. The molecule has 4 rings (SSSR count). The fourth-order valence-corrected chi connectivity index (χ4v) is 3.64. The number of rotatable bonds is 4. The number of Topliss-reactive ketones (excluding diaryl/α,β-unsaturated/α-hetero) is 2. The van der Waals surface area contributed by atoms with Crippen molar-refractivity contribution in [3.05, 3.63) is 71.8 Å². The normalized spacial score (nSPS) is 19.9. The van der Waals surface area contributed by atoms with Crippen LogP contribution in [0.3, 0.4) is 0 Å². The lowest BCUT2D eigenvalue weighted by Crippen LogP contribution is -2.34. The Morgan fingerprint density at radius 1 is 1.11 bits per heavy atom. The van der Waals surface area contributed by atoms with Gasteiger partial charge in [0.25, 0.3) is 0 Å². The van der Waals surface area contributed by atoms with E-state index in [4.69, 9.17) is 16.3 Å². The highest BCUT2D eigenvalue weighted by molar-refractivity contribution is 6.30. The predicted octanol–water partition coefficient (Wildman–Crippen LogP) is 3.98. The van der Waals surface area contributed by atoms with Gasteiger partial charge in [0.1, 0.15) is 36.0 Å². The van der Waals surface area contributed by atoms with Crippen molar-refractivity contribution in [1.82, 2.24) is 14.8 Å². The topological polar surface area (TPSA) is 74.1 Å². The fourth-order valence-electron chi connectivity index (χ4n) is 3.46. The van der Waals surface area contributed by atoms with Crippen LogP contribution in [0.2, 0.25) is 5.02 Å². The van der Waals surface area contributed by atoms with E-state index in [9.17, 15) is 9.59 Å². The number of carbonyl (C=O) groups excluding carboxylic acids is 2. The maximum absolute atomic E-state index is 12.6. The molecule has 0 saturated heterocycles. The second-order valence-electron chi connectivity index (χ2n) is 6.41. The summed E-state index contributed by atoms with van der Waals surface area (Å²) in [5, 5.41) is 4.69. The number of hydrogen-bond acceptors (Lipinski definition) is 5. The number of ketones is 2. The van der Waals surface area contributed by atoms with Crippen molar-refractivity contribution in [2.75, 3.05) is 0 Å². The second-order valence-corrected chi connectivity index (χ2v) is 6.85. The minimum atomic E-state index is -0.589. The first kappa shape index (κ1) is 17.4. The highest BCUT2D eigenvalue weighted by Crippen LogP contribution is 2.42. The molecule has 0 unspecified atom stereocenters. The van der Waals surface area contributed by atoms with Gasteiger partial charge in [0.15, 0.2) is 5.78 Å². The number of ether oxygens (including phenoxy) is 1. The summed E-state index contributed by atoms with van der Waals surface area (Å²) < 4.78 is 7.55. The molecule has 27 heavy (non-hydrogen) atoms. The number of halogens is 1. The maximum atomic E-state index is 12.6. The summed E-state index contributed by atoms with van der Waals surface area (Å²) in [5.74, 6) is 0.534. The molecule has 7 heteroatoms. The second kappa shape index (κ2) is 7.32. The summed E-state index contributed by atoms with van der Waals surface area (Å²) in [6.07, 6.45) is 3.05. The lowest BCUT2D eigenvalue weighted by atomic mass is 9.78. The van der Waals surface area contributed by atoms with E-state index in [1.54, 1.807) is 24.3 Å². The van der Waals surface area contributed by atoms with Crippen molar-refractivity contribution < 1.29 is 14.3 Å². The largest absolute Gasteiger partial charge is 0.457 e. The van der Waals surface area contributed by atoms with E-state index < -0.39 is 6.04 Å². The minimum Gasteiger partial charge on any atom is -0.457 e. The van der Waals surface area contributed by atoms with Crippen molar-refractivity contribution in [3.63, 3.8) is 0 Å². The highest BCUT2D eigenvalue weighted by atomic mass is 35.5. The van der Waals surface area contributed by atoms with Crippen LogP contribution in [0, 0.1) is 0 Å². The Labute approximate surface area is 160 Å². The third kappa shape index (κ3) is 3.61. The van der Waals surface area contributed by atoms with Crippen LogP contribution in [0.4, 0.5) is 0 Å². The van der Waals surface area contributed by atoms with E-state index in [0.717, 1.165) is 5.56 Å². The molecule has 6 nitrogen and oxygen atoms in total. The van der Waals surface area contributed by atoms with E-state index in [-0.39, 0.29) is 30.3 Å². The van der Waals surface area contributed by atoms with Gasteiger partial charge in [0, 0.05) is 22.9 Å². The van der Waals surface area contributed by atoms with Crippen molar-refractivity contribution in [1.29, 1.82) is 0 Å². The number of carbonyl (C=O) groups is 2. The molecule has 1 saturated carbocycles. The molecule has 0 N–H and O–H groups in total. The Balaban J connectivity index is 1.74. The number of benzene rings is 2. The number of nitrogens with zero attached hydrogens (tertiary/aromatic N) is 3. The Morgan fingerprint density at radius 3 is 2.74 bits per heavy atom. The lowest BCUT2D eigenvalue weighted by molar-refractivity contribution is -0.133. The third-order valence-corrected chi connectivity index (χ3v) is 4.83. The zero-order valence-corrected chi connectivity index (χ0v) is 15.0. The number of hydrogen-bond donors (Lipinski definition) is 0. The van der Waals surface area contributed by atoms with E-state index in [1.807, 2.05) is 24.3 Å². The summed E-state index contributed by atoms with van der Waals surface area (Å²) in [6, 6.07) is 13.9. The fraction of sp³-hybridized carbons (Fsp3) is 0.200. The van der Waals surface area contributed by atoms with E-state index >= 15 is 0 Å². The molecule has 1 heterocycles. The van der Waals surface area contributed by atoms with E-state index in [0.29, 0.717) is 16.5 Å². The summed E-state index contributed by atoms with van der Waals surface area (Å²) in [6.45, 7) is 0. The molecule has 0 radical (unpaired) electrons. The van der Waals surface area contributed by atoms with Crippen LogP contribution in [-0.2, 0) is 9.59 Å². The maximum Gasteiger partial charge on any atom is 0.165 e. The first-order valence-electron chi connectivity index (χ1n) is 8.52. The third-order valence-electron chi connectivity index (χ3n) is 4.59. The summed E-state index contributed by atoms with van der Waals surface area (Å²) in [5.41, 5.74) is 0.777. The highest BCUT2D eigenvalue weighted by Gasteiger charge is 2.39. The SMILES string of the molecule is O=C1CC(=O)[C@@H](n2cncn2)[C@H](c2ccccc2Oc2cccc(Cl)c2)C1. The molecule has 136 valence electrons. The summed E-state index contributed by atoms with van der Waals surface area (Å²) in [7, 11) is 0. The molecular formula is C20H16ClN3O3. The van der Waals surface area contributed by atoms with Gasteiger partial charge in [-0.1, -0.05) is 35.9 Å². The smallest absolute Gasteiger partial charge is 0.165 e. The Bertz CT molecular complexity index is 988. The van der Waals surface area contributed by atoms with Crippen molar-refractivity contribution in [2.45, 2.75) is 24.8 Å². The Morgan fingerprint density at radius 2 is 1.96 bits per heavy atom. The molecule has 0 aliphatic heterocycles. The van der Waals surface area contributed by atoms with Gasteiger partial charge in [-0.15, -0.1) is 0 Å². The van der Waals surface area contributed by atoms with E-state index in [1.165, 1.54) is 17.3 Å². The van der Waals surface area contributed by atoms with Crippen LogP contribution in [0.5, 0.6) is 11.5 Å². The summed E-state index contributed by atoms with van der Waals surface area (Å²) >= 11 is 6.04. The van der Waals surface area contributed by atoms with Gasteiger partial charge in [0.2, 0.25) is 0 Å². The Hall–Kier alpha value is -2.99. The molecule has 0 bridgehead atoms. The minimum absolute atomic E-state index is 0.0843. The molecule has 3 aromatic rings. The summed E-state index contributed by atoms with van der Waals surface area (Å²) in [4.78, 5) is 28.7. The Kier molecular flexibility index (Phi) is 4.73. The molecule has 0 spiro atoms. The quantitative estimate of drug-likeness (QED) is 0.639. The van der Waals surface area contributed by atoms with Gasteiger partial charge in [0.05, 0.1) is 6.42 Å². The van der Waals surface area contributed by atoms with Gasteiger partial charge in [-0.05, 0) is 24.3 Å². The zero-order chi connectivity index (χ0) is 18.8. The number of aromatic nitrogens is 3. The van der Waals surface area contributed by atoms with Gasteiger partial charge >= 0.3 is 0 Å². The van der Waals surface area contributed by atoms with Gasteiger partial charge in [-0.2, -0.15) is 5.10 Å². The molecule has 1 fully saturated rings. The van der Waals surface area contributed by atoms with Crippen molar-refractivity contribution in [3.8, 4) is 11.5 Å². The average Bonchev–Trinajstić information content (AvgIpc) is 3.16.